The first-order valence-electron chi connectivity index (χ1n) is 12.0. The van der Waals surface area contributed by atoms with Gasteiger partial charge in [0, 0.05) is 31.8 Å². The Kier molecular flexibility index (Phi) is 6.67. The SMILES string of the molecule is Cc1cc(P(=O)(c2ccccc2)c2ccccc2)c(C)cc1P(=O)(c1ccccc1)c1ccccc1. The minimum Gasteiger partial charge on any atom is -0.309 e. The van der Waals surface area contributed by atoms with Crippen molar-refractivity contribution in [3.8, 4) is 0 Å². The summed E-state index contributed by atoms with van der Waals surface area (Å²) in [4.78, 5) is 0. The Labute approximate surface area is 213 Å². The predicted octanol–water partition coefficient (Wildman–Crippen LogP) is 5.58. The van der Waals surface area contributed by atoms with Crippen LogP contribution in [0.2, 0.25) is 0 Å². The fourth-order valence-electron chi connectivity index (χ4n) is 4.87. The molecule has 0 amide bonds. The van der Waals surface area contributed by atoms with E-state index < -0.39 is 14.3 Å². The van der Waals surface area contributed by atoms with Gasteiger partial charge in [0.25, 0.3) is 0 Å². The first-order valence-corrected chi connectivity index (χ1v) is 15.4. The van der Waals surface area contributed by atoms with Gasteiger partial charge in [-0.1, -0.05) is 121 Å². The molecule has 2 nitrogen and oxygen atoms in total. The standard InChI is InChI=1S/C32H28O2P2/c1-25-23-32(36(34,29-19-11-5-12-20-29)30-21-13-6-14-22-30)26(2)24-31(25)35(33,27-15-7-3-8-16-27)28-17-9-4-10-18-28/h3-24H,1-2H3. The summed E-state index contributed by atoms with van der Waals surface area (Å²) in [7, 11) is -6.29. The summed E-state index contributed by atoms with van der Waals surface area (Å²) >= 11 is 0. The largest absolute Gasteiger partial charge is 0.309 e. The third kappa shape index (κ3) is 4.11. The third-order valence-corrected chi connectivity index (χ3v) is 13.1. The van der Waals surface area contributed by atoms with Crippen LogP contribution >= 0.6 is 14.3 Å². The maximum atomic E-state index is 15.0. The van der Waals surface area contributed by atoms with Crippen LogP contribution < -0.4 is 31.8 Å². The summed E-state index contributed by atoms with van der Waals surface area (Å²) in [6.07, 6.45) is 0. The highest BCUT2D eigenvalue weighted by atomic mass is 31.2. The topological polar surface area (TPSA) is 34.1 Å². The highest BCUT2D eigenvalue weighted by Crippen LogP contribution is 2.46. The predicted molar refractivity (Wildman–Crippen MR) is 155 cm³/mol. The maximum Gasteiger partial charge on any atom is 0.171 e. The van der Waals surface area contributed by atoms with Gasteiger partial charge in [0.05, 0.1) is 0 Å². The molecule has 0 bridgehead atoms. The number of benzene rings is 5. The molecule has 0 radical (unpaired) electrons. The highest BCUT2D eigenvalue weighted by Gasteiger charge is 2.35. The van der Waals surface area contributed by atoms with E-state index in [1.165, 1.54) is 0 Å². The molecule has 0 saturated carbocycles. The zero-order valence-corrected chi connectivity index (χ0v) is 22.2. The van der Waals surface area contributed by atoms with E-state index in [4.69, 9.17) is 0 Å². The Hall–Kier alpha value is -3.44. The van der Waals surface area contributed by atoms with Gasteiger partial charge in [-0.2, -0.15) is 0 Å². The molecule has 4 heteroatoms. The molecule has 5 rings (SSSR count). The Bertz CT molecular complexity index is 1370. The molecule has 0 N–H and O–H groups in total. The van der Waals surface area contributed by atoms with Crippen molar-refractivity contribution in [2.75, 3.05) is 0 Å². The smallest absolute Gasteiger partial charge is 0.171 e. The summed E-state index contributed by atoms with van der Waals surface area (Å²) in [5.74, 6) is 0. The molecule has 0 atom stereocenters. The highest BCUT2D eigenvalue weighted by molar-refractivity contribution is 7.86. The number of hydrogen-bond donors (Lipinski definition) is 0. The van der Waals surface area contributed by atoms with Gasteiger partial charge in [0.15, 0.2) is 14.3 Å². The van der Waals surface area contributed by atoms with Crippen LogP contribution in [0.5, 0.6) is 0 Å². The van der Waals surface area contributed by atoms with Crippen molar-refractivity contribution in [2.45, 2.75) is 13.8 Å². The Balaban J connectivity index is 1.77. The second kappa shape index (κ2) is 9.90. The van der Waals surface area contributed by atoms with Gasteiger partial charge in [0.2, 0.25) is 0 Å². The van der Waals surface area contributed by atoms with E-state index in [0.717, 1.165) is 43.0 Å². The number of aryl methyl sites for hydroxylation is 2. The van der Waals surface area contributed by atoms with Gasteiger partial charge in [-0.15, -0.1) is 0 Å². The minimum atomic E-state index is -3.15. The number of rotatable bonds is 6. The van der Waals surface area contributed by atoms with Crippen LogP contribution in [0.25, 0.3) is 0 Å². The van der Waals surface area contributed by atoms with Crippen molar-refractivity contribution in [3.05, 3.63) is 145 Å². The average molecular weight is 507 g/mol. The molecule has 0 spiro atoms. The average Bonchev–Trinajstić information content (AvgIpc) is 2.95. The van der Waals surface area contributed by atoms with Gasteiger partial charge in [0.1, 0.15) is 0 Å². The van der Waals surface area contributed by atoms with E-state index in [0.29, 0.717) is 0 Å². The molecule has 0 aliphatic rings. The summed E-state index contributed by atoms with van der Waals surface area (Å²) in [6.45, 7) is 3.97. The summed E-state index contributed by atoms with van der Waals surface area (Å²) < 4.78 is 30.0. The lowest BCUT2D eigenvalue weighted by molar-refractivity contribution is 0.591. The van der Waals surface area contributed by atoms with Gasteiger partial charge < -0.3 is 9.13 Å². The quantitative estimate of drug-likeness (QED) is 0.282. The molecule has 5 aromatic carbocycles. The van der Waals surface area contributed by atoms with Crippen molar-refractivity contribution in [3.63, 3.8) is 0 Å². The summed E-state index contributed by atoms with van der Waals surface area (Å²) in [5, 5.41) is 4.74. The molecule has 5 aromatic rings. The molecular weight excluding hydrogens is 478 g/mol. The number of hydrogen-bond acceptors (Lipinski definition) is 2. The van der Waals surface area contributed by atoms with Crippen molar-refractivity contribution < 1.29 is 9.13 Å². The molecule has 0 heterocycles. The van der Waals surface area contributed by atoms with Crippen molar-refractivity contribution in [1.82, 2.24) is 0 Å². The Morgan fingerprint density at radius 3 is 0.833 bits per heavy atom. The molecule has 178 valence electrons. The maximum absolute atomic E-state index is 15.0. The van der Waals surface area contributed by atoms with Crippen LogP contribution in [0.3, 0.4) is 0 Å². The fourth-order valence-corrected chi connectivity index (χ4v) is 10.8. The van der Waals surface area contributed by atoms with E-state index >= 15 is 9.13 Å². The van der Waals surface area contributed by atoms with E-state index in [1.807, 2.05) is 147 Å². The van der Waals surface area contributed by atoms with E-state index in [1.54, 1.807) is 0 Å². The molecule has 0 saturated heterocycles. The van der Waals surface area contributed by atoms with Gasteiger partial charge in [-0.3, -0.25) is 0 Å². The minimum absolute atomic E-state index is 0.786. The van der Waals surface area contributed by atoms with Crippen LogP contribution in [-0.2, 0) is 9.13 Å². The summed E-state index contributed by atoms with van der Waals surface area (Å²) in [6, 6.07) is 42.7. The fraction of sp³-hybridized carbons (Fsp3) is 0.0625. The van der Waals surface area contributed by atoms with Crippen LogP contribution in [0, 0.1) is 13.8 Å². The van der Waals surface area contributed by atoms with Crippen molar-refractivity contribution in [2.24, 2.45) is 0 Å². The molecular formula is C32H28O2P2. The second-order valence-electron chi connectivity index (χ2n) is 8.99. The first kappa shape index (κ1) is 24.3. The molecule has 36 heavy (non-hydrogen) atoms. The van der Waals surface area contributed by atoms with Crippen molar-refractivity contribution in [1.29, 1.82) is 0 Å². The lowest BCUT2D eigenvalue weighted by atomic mass is 10.2. The molecule has 0 fully saturated rings. The lowest BCUT2D eigenvalue weighted by Crippen LogP contribution is -2.31. The Morgan fingerprint density at radius 2 is 0.611 bits per heavy atom. The van der Waals surface area contributed by atoms with E-state index in [2.05, 4.69) is 0 Å². The van der Waals surface area contributed by atoms with Gasteiger partial charge in [-0.05, 0) is 37.1 Å². The third-order valence-electron chi connectivity index (χ3n) is 6.67. The molecule has 0 aromatic heterocycles. The first-order chi connectivity index (χ1) is 17.5. The van der Waals surface area contributed by atoms with Crippen LogP contribution in [0.1, 0.15) is 11.1 Å². The normalized spacial score (nSPS) is 11.8. The van der Waals surface area contributed by atoms with Crippen molar-refractivity contribution >= 4 is 46.1 Å². The van der Waals surface area contributed by atoms with E-state index in [9.17, 15) is 0 Å². The molecule has 0 unspecified atom stereocenters. The van der Waals surface area contributed by atoms with Crippen LogP contribution in [-0.4, -0.2) is 0 Å². The Morgan fingerprint density at radius 1 is 0.389 bits per heavy atom. The monoisotopic (exact) mass is 506 g/mol. The lowest BCUT2D eigenvalue weighted by Gasteiger charge is -2.26. The van der Waals surface area contributed by atoms with Gasteiger partial charge >= 0.3 is 0 Å². The van der Waals surface area contributed by atoms with Gasteiger partial charge in [-0.25, -0.2) is 0 Å². The molecule has 0 aliphatic heterocycles. The van der Waals surface area contributed by atoms with Crippen LogP contribution in [0.4, 0.5) is 0 Å². The zero-order valence-electron chi connectivity index (χ0n) is 20.4. The van der Waals surface area contributed by atoms with Crippen LogP contribution in [0.15, 0.2) is 133 Å². The second-order valence-corrected chi connectivity index (χ2v) is 14.5. The molecule has 0 aliphatic carbocycles. The summed E-state index contributed by atoms with van der Waals surface area (Å²) in [5.41, 5.74) is 1.75. The zero-order chi connectivity index (χ0) is 25.2. The van der Waals surface area contributed by atoms with E-state index in [-0.39, 0.29) is 0 Å².